The van der Waals surface area contributed by atoms with Crippen molar-refractivity contribution >= 4 is 70.5 Å². The van der Waals surface area contributed by atoms with Crippen molar-refractivity contribution in [3.63, 3.8) is 0 Å². The van der Waals surface area contributed by atoms with Gasteiger partial charge in [0.2, 0.25) is 0 Å². The summed E-state index contributed by atoms with van der Waals surface area (Å²) in [6.45, 7) is 13.4. The van der Waals surface area contributed by atoms with Gasteiger partial charge in [0.25, 0.3) is 9.70 Å². The molecule has 0 unspecified atom stereocenters. The van der Waals surface area contributed by atoms with Crippen LogP contribution in [0.1, 0.15) is 26.3 Å². The van der Waals surface area contributed by atoms with Crippen LogP contribution in [0.15, 0.2) is 53.9 Å². The molecule has 3 rings (SSSR count). The third-order valence-electron chi connectivity index (χ3n) is 6.46. The van der Waals surface area contributed by atoms with Gasteiger partial charge in [0, 0.05) is 43.0 Å². The number of alkyl halides is 3. The van der Waals surface area contributed by atoms with Crippen LogP contribution in [0.25, 0.3) is 12.2 Å². The first-order chi connectivity index (χ1) is 17.5. The number of nitrogens with one attached hydrogen (secondary N) is 1. The lowest BCUT2D eigenvalue weighted by atomic mass is 9.83. The first kappa shape index (κ1) is 29.7. The number of halogens is 3. The molecule has 1 aliphatic rings. The van der Waals surface area contributed by atoms with E-state index in [0.29, 0.717) is 26.2 Å². The number of ether oxygens (including phenoxy) is 1. The van der Waals surface area contributed by atoms with Gasteiger partial charge >= 0.3 is 0 Å². The van der Waals surface area contributed by atoms with E-state index in [1.54, 1.807) is 24.0 Å². The maximum Gasteiger partial charge on any atom is 0.274 e. The molecule has 1 fully saturated rings. The summed E-state index contributed by atoms with van der Waals surface area (Å²) in [6, 6.07) is 12.5. The Bertz CT molecular complexity index is 1240. The second-order valence-electron chi connectivity index (χ2n) is 9.42. The van der Waals surface area contributed by atoms with E-state index in [9.17, 15) is 4.79 Å². The smallest absolute Gasteiger partial charge is 0.274 e. The predicted octanol–water partition coefficient (Wildman–Crippen LogP) is 5.06. The van der Waals surface area contributed by atoms with Crippen LogP contribution in [-0.2, 0) is 10.2 Å². The molecule has 37 heavy (non-hydrogen) atoms. The number of piperazine rings is 1. The highest BCUT2D eigenvalue weighted by atomic mass is 35.6. The van der Waals surface area contributed by atoms with Gasteiger partial charge in [-0.05, 0) is 53.1 Å². The number of nitrogens with zero attached hydrogens (tertiary/aromatic N) is 2. The molecule has 2 aromatic carbocycles. The SMILES string of the molecule is C=C/C=c1/cccc(C(C)(C)CNSc2ccc(OC)c(N3CCN(C(=O)C(Cl)(Cl)Cl)CC3)c2)/c1=C/C. The topological polar surface area (TPSA) is 44.8 Å². The highest BCUT2D eigenvalue weighted by Gasteiger charge is 2.36. The van der Waals surface area contributed by atoms with Crippen LogP contribution in [0.4, 0.5) is 5.69 Å². The Labute approximate surface area is 239 Å². The van der Waals surface area contributed by atoms with Gasteiger partial charge in [0.1, 0.15) is 5.75 Å². The molecule has 1 heterocycles. The molecule has 5 nitrogen and oxygen atoms in total. The number of benzene rings is 2. The number of carbonyl (C=O) groups is 1. The van der Waals surface area contributed by atoms with E-state index in [2.05, 4.69) is 67.3 Å². The second-order valence-corrected chi connectivity index (χ2v) is 12.7. The summed E-state index contributed by atoms with van der Waals surface area (Å²) in [5.41, 5.74) is 2.17. The van der Waals surface area contributed by atoms with Crippen molar-refractivity contribution in [2.24, 2.45) is 0 Å². The average Bonchev–Trinajstić information content (AvgIpc) is 2.87. The molecule has 0 aliphatic carbocycles. The number of rotatable bonds is 8. The maximum absolute atomic E-state index is 12.3. The van der Waals surface area contributed by atoms with Crippen molar-refractivity contribution in [1.82, 2.24) is 9.62 Å². The Morgan fingerprint density at radius 2 is 1.86 bits per heavy atom. The molecule has 1 saturated heterocycles. The Morgan fingerprint density at radius 3 is 2.46 bits per heavy atom. The molecule has 1 N–H and O–H groups in total. The van der Waals surface area contributed by atoms with Crippen molar-refractivity contribution in [2.45, 2.75) is 34.9 Å². The molecule has 2 aromatic rings. The van der Waals surface area contributed by atoms with Crippen molar-refractivity contribution in [3.8, 4) is 5.75 Å². The van der Waals surface area contributed by atoms with Gasteiger partial charge in [-0.1, -0.05) is 91.7 Å². The Balaban J connectivity index is 1.71. The first-order valence-electron chi connectivity index (χ1n) is 12.1. The van der Waals surface area contributed by atoms with Crippen molar-refractivity contribution in [3.05, 3.63) is 65.1 Å². The largest absolute Gasteiger partial charge is 0.495 e. The second kappa shape index (κ2) is 12.8. The Hall–Kier alpha value is -1.83. The lowest BCUT2D eigenvalue weighted by Crippen LogP contribution is -2.51. The van der Waals surface area contributed by atoms with Crippen molar-refractivity contribution < 1.29 is 9.53 Å². The number of carbonyl (C=O) groups excluding carboxylic acids is 1. The Kier molecular flexibility index (Phi) is 10.3. The first-order valence-corrected chi connectivity index (χ1v) is 14.0. The van der Waals surface area contributed by atoms with Crippen LogP contribution in [0.3, 0.4) is 0 Å². The molecule has 1 amide bonds. The molecule has 9 heteroatoms. The van der Waals surface area contributed by atoms with Gasteiger partial charge in [-0.3, -0.25) is 9.52 Å². The zero-order chi connectivity index (χ0) is 27.2. The van der Waals surface area contributed by atoms with E-state index in [1.807, 2.05) is 24.3 Å². The normalized spacial score (nSPS) is 15.8. The predicted molar refractivity (Wildman–Crippen MR) is 159 cm³/mol. The fourth-order valence-corrected chi connectivity index (χ4v) is 5.74. The van der Waals surface area contributed by atoms with Crippen LogP contribution in [-0.4, -0.2) is 54.4 Å². The van der Waals surface area contributed by atoms with Gasteiger partial charge in [0.05, 0.1) is 12.8 Å². The third-order valence-corrected chi connectivity index (χ3v) is 7.72. The fraction of sp³-hybridized carbons (Fsp3) is 0.393. The summed E-state index contributed by atoms with van der Waals surface area (Å²) in [5.74, 6) is 0.293. The zero-order valence-electron chi connectivity index (χ0n) is 21.7. The molecule has 0 saturated carbocycles. The maximum atomic E-state index is 12.3. The molecule has 0 radical (unpaired) electrons. The number of hydrogen-bond acceptors (Lipinski definition) is 5. The summed E-state index contributed by atoms with van der Waals surface area (Å²) in [6.07, 6.45) is 6.03. The number of hydrogen-bond donors (Lipinski definition) is 1. The van der Waals surface area contributed by atoms with Crippen LogP contribution in [0, 0.1) is 0 Å². The molecule has 0 spiro atoms. The minimum atomic E-state index is -1.93. The third kappa shape index (κ3) is 7.39. The number of allylic oxidation sites excluding steroid dienone is 1. The van der Waals surface area contributed by atoms with Crippen molar-refractivity contribution in [2.75, 3.05) is 44.7 Å². The van der Waals surface area contributed by atoms with E-state index in [0.717, 1.165) is 22.9 Å². The van der Waals surface area contributed by atoms with Gasteiger partial charge in [-0.2, -0.15) is 0 Å². The van der Waals surface area contributed by atoms with Gasteiger partial charge in [-0.15, -0.1) is 0 Å². The highest BCUT2D eigenvalue weighted by molar-refractivity contribution is 7.97. The van der Waals surface area contributed by atoms with E-state index in [4.69, 9.17) is 39.5 Å². The molecule has 0 aromatic heterocycles. The molecular formula is C28H34Cl3N3O2S. The molecule has 1 aliphatic heterocycles. The monoisotopic (exact) mass is 581 g/mol. The summed E-state index contributed by atoms with van der Waals surface area (Å²) in [7, 11) is 1.66. The summed E-state index contributed by atoms with van der Waals surface area (Å²) < 4.78 is 7.26. The quantitative estimate of drug-likeness (QED) is 0.348. The van der Waals surface area contributed by atoms with Crippen LogP contribution in [0.5, 0.6) is 5.75 Å². The van der Waals surface area contributed by atoms with Gasteiger partial charge < -0.3 is 14.5 Å². The lowest BCUT2D eigenvalue weighted by Gasteiger charge is -2.37. The van der Waals surface area contributed by atoms with Crippen LogP contribution in [0.2, 0.25) is 0 Å². The summed E-state index contributed by atoms with van der Waals surface area (Å²) >= 11 is 19.0. The Morgan fingerprint density at radius 1 is 1.16 bits per heavy atom. The molecular weight excluding hydrogens is 549 g/mol. The lowest BCUT2D eigenvalue weighted by molar-refractivity contribution is -0.130. The zero-order valence-corrected chi connectivity index (χ0v) is 24.8. The minimum absolute atomic E-state index is 0.0967. The number of anilines is 1. The van der Waals surface area contributed by atoms with Crippen LogP contribution >= 0.6 is 46.8 Å². The standard InChI is InChI=1S/C28H34Cl3N3O2S/c1-6-9-20-10-8-11-23(22(20)7-2)27(3,4)19-32-37-21-12-13-25(36-5)24(18-21)33-14-16-34(17-15-33)26(35)28(29,30)31/h6-13,18,32H,1,14-17,19H2,2-5H3/b20-9-,22-7+. The summed E-state index contributed by atoms with van der Waals surface area (Å²) in [4.78, 5) is 17.2. The number of amides is 1. The van der Waals surface area contributed by atoms with E-state index in [-0.39, 0.29) is 5.41 Å². The molecule has 0 atom stereocenters. The van der Waals surface area contributed by atoms with E-state index >= 15 is 0 Å². The number of methoxy groups -OCH3 is 1. The summed E-state index contributed by atoms with van der Waals surface area (Å²) in [5, 5.41) is 2.41. The van der Waals surface area contributed by atoms with Crippen molar-refractivity contribution in [1.29, 1.82) is 0 Å². The average molecular weight is 583 g/mol. The van der Waals surface area contributed by atoms with E-state index < -0.39 is 9.70 Å². The molecule has 0 bridgehead atoms. The van der Waals surface area contributed by atoms with Crippen LogP contribution < -0.4 is 24.8 Å². The molecule has 200 valence electrons. The minimum Gasteiger partial charge on any atom is -0.495 e. The van der Waals surface area contributed by atoms with Gasteiger partial charge in [-0.25, -0.2) is 0 Å². The fourth-order valence-electron chi connectivity index (χ4n) is 4.47. The van der Waals surface area contributed by atoms with Gasteiger partial charge in [0.15, 0.2) is 0 Å². The highest BCUT2D eigenvalue weighted by Crippen LogP contribution is 2.34. The van der Waals surface area contributed by atoms with E-state index in [1.165, 1.54) is 16.0 Å².